The van der Waals surface area contributed by atoms with Gasteiger partial charge in [-0.2, -0.15) is 0 Å². The monoisotopic (exact) mass is 472 g/mol. The maximum atomic E-state index is 13.2. The second-order valence-electron chi connectivity index (χ2n) is 8.16. The van der Waals surface area contributed by atoms with Gasteiger partial charge < -0.3 is 43.8 Å². The van der Waals surface area contributed by atoms with Crippen LogP contribution in [0.3, 0.4) is 0 Å². The molecule has 5 atom stereocenters. The topological polar surface area (TPSA) is 148 Å². The fraction of sp³-hybridized carbons (Fsp3) is 0.375. The lowest BCUT2D eigenvalue weighted by atomic mass is 9.99. The van der Waals surface area contributed by atoms with E-state index >= 15 is 0 Å². The Morgan fingerprint density at radius 3 is 2.53 bits per heavy atom. The molecule has 5 rings (SSSR count). The van der Waals surface area contributed by atoms with E-state index in [1.165, 1.54) is 24.5 Å². The molecular weight excluding hydrogens is 448 g/mol. The van der Waals surface area contributed by atoms with Gasteiger partial charge in [-0.05, 0) is 29.8 Å². The van der Waals surface area contributed by atoms with Crippen molar-refractivity contribution >= 4 is 11.0 Å². The minimum atomic E-state index is -1.56. The number of fused-ring (bicyclic) bond motifs is 2. The quantitative estimate of drug-likeness (QED) is 0.430. The van der Waals surface area contributed by atoms with Crippen molar-refractivity contribution < 1.29 is 43.8 Å². The molecule has 3 heterocycles. The standard InChI is InChI=1S/C24H24O10/c25-10-19-21(27)22(28)23(29)24(34-19)33-13-3-4-14-17(9-13)32-11-15(20(14)26)12-2-5-16-18(8-12)31-7-1-6-30-16/h2-5,8-9,11,19,21-25,27-29H,1,6-7,10H2/t19-,21-,22+,23-,24+/m0/s1. The fourth-order valence-corrected chi connectivity index (χ4v) is 4.01. The molecule has 0 bridgehead atoms. The highest BCUT2D eigenvalue weighted by Gasteiger charge is 2.44. The first-order valence-corrected chi connectivity index (χ1v) is 10.9. The number of aliphatic hydroxyl groups is 4. The summed E-state index contributed by atoms with van der Waals surface area (Å²) in [6, 6.07) is 9.75. The van der Waals surface area contributed by atoms with Crippen molar-refractivity contribution in [3.63, 3.8) is 0 Å². The Bertz CT molecular complexity index is 1240. The predicted molar refractivity (Wildman–Crippen MR) is 118 cm³/mol. The van der Waals surface area contributed by atoms with E-state index in [0.29, 0.717) is 41.2 Å². The van der Waals surface area contributed by atoms with Gasteiger partial charge in [-0.1, -0.05) is 6.07 Å². The van der Waals surface area contributed by atoms with E-state index in [-0.39, 0.29) is 16.8 Å². The number of aliphatic hydroxyl groups excluding tert-OH is 4. The van der Waals surface area contributed by atoms with Gasteiger partial charge in [-0.3, -0.25) is 4.79 Å². The molecule has 2 aromatic carbocycles. The van der Waals surface area contributed by atoms with E-state index in [1.807, 2.05) is 0 Å². The fourth-order valence-electron chi connectivity index (χ4n) is 4.01. The first kappa shape index (κ1) is 22.6. The first-order chi connectivity index (χ1) is 16.5. The van der Waals surface area contributed by atoms with Crippen molar-refractivity contribution in [1.29, 1.82) is 0 Å². The van der Waals surface area contributed by atoms with Gasteiger partial charge in [0.05, 0.1) is 30.8 Å². The Hall–Kier alpha value is -3.15. The summed E-state index contributed by atoms with van der Waals surface area (Å²) in [7, 11) is 0. The van der Waals surface area contributed by atoms with Gasteiger partial charge in [0, 0.05) is 12.5 Å². The molecule has 0 aliphatic carbocycles. The van der Waals surface area contributed by atoms with Crippen molar-refractivity contribution in [3.05, 3.63) is 52.9 Å². The zero-order chi connectivity index (χ0) is 23.8. The van der Waals surface area contributed by atoms with Crippen LogP contribution in [-0.4, -0.2) is 71.0 Å². The summed E-state index contributed by atoms with van der Waals surface area (Å²) in [5.74, 6) is 1.39. The molecule has 0 radical (unpaired) electrons. The summed E-state index contributed by atoms with van der Waals surface area (Å²) in [4.78, 5) is 13.2. The molecule has 4 N–H and O–H groups in total. The number of rotatable bonds is 4. The van der Waals surface area contributed by atoms with Crippen LogP contribution in [0.2, 0.25) is 0 Å². The Morgan fingerprint density at radius 1 is 0.941 bits per heavy atom. The molecule has 0 spiro atoms. The van der Waals surface area contributed by atoms with Crippen LogP contribution in [0.25, 0.3) is 22.1 Å². The molecule has 180 valence electrons. The van der Waals surface area contributed by atoms with E-state index < -0.39 is 37.3 Å². The molecular formula is C24H24O10. The molecule has 1 fully saturated rings. The van der Waals surface area contributed by atoms with Gasteiger partial charge in [-0.15, -0.1) is 0 Å². The molecule has 1 saturated heterocycles. The van der Waals surface area contributed by atoms with Crippen LogP contribution >= 0.6 is 0 Å². The Morgan fingerprint density at radius 2 is 1.74 bits per heavy atom. The Balaban J connectivity index is 1.42. The summed E-state index contributed by atoms with van der Waals surface area (Å²) in [6.45, 7) is 0.526. The lowest BCUT2D eigenvalue weighted by molar-refractivity contribution is -0.277. The van der Waals surface area contributed by atoms with Crippen LogP contribution in [0, 0.1) is 0 Å². The predicted octanol–water partition coefficient (Wildman–Crippen LogP) is 0.800. The molecule has 2 aliphatic heterocycles. The Labute approximate surface area is 193 Å². The summed E-state index contributed by atoms with van der Waals surface area (Å²) in [6.07, 6.45) is -4.93. The number of benzene rings is 2. The largest absolute Gasteiger partial charge is 0.490 e. The van der Waals surface area contributed by atoms with E-state index in [4.69, 9.17) is 23.4 Å². The Kier molecular flexibility index (Phi) is 6.15. The molecule has 1 aromatic heterocycles. The maximum absolute atomic E-state index is 13.2. The highest BCUT2D eigenvalue weighted by molar-refractivity contribution is 5.83. The molecule has 0 amide bonds. The molecule has 34 heavy (non-hydrogen) atoms. The van der Waals surface area contributed by atoms with Crippen LogP contribution in [0.1, 0.15) is 6.42 Å². The lowest BCUT2D eigenvalue weighted by Gasteiger charge is -2.39. The van der Waals surface area contributed by atoms with E-state index in [0.717, 1.165) is 6.42 Å². The summed E-state index contributed by atoms with van der Waals surface area (Å²) < 4.78 is 28.0. The van der Waals surface area contributed by atoms with Gasteiger partial charge in [0.2, 0.25) is 6.29 Å². The third-order valence-electron chi connectivity index (χ3n) is 5.91. The molecule has 10 nitrogen and oxygen atoms in total. The van der Waals surface area contributed by atoms with Gasteiger partial charge in [0.1, 0.15) is 42.0 Å². The van der Waals surface area contributed by atoms with Gasteiger partial charge in [0.15, 0.2) is 16.9 Å². The second-order valence-corrected chi connectivity index (χ2v) is 8.16. The molecule has 0 unspecified atom stereocenters. The van der Waals surface area contributed by atoms with Crippen molar-refractivity contribution in [2.45, 2.75) is 37.1 Å². The highest BCUT2D eigenvalue weighted by atomic mass is 16.7. The van der Waals surface area contributed by atoms with Crippen LogP contribution in [-0.2, 0) is 4.74 Å². The summed E-state index contributed by atoms with van der Waals surface area (Å²) in [5.41, 5.74) is 0.965. The van der Waals surface area contributed by atoms with Crippen molar-refractivity contribution in [3.8, 4) is 28.4 Å². The zero-order valence-corrected chi connectivity index (χ0v) is 18.0. The van der Waals surface area contributed by atoms with Crippen LogP contribution in [0.5, 0.6) is 17.2 Å². The van der Waals surface area contributed by atoms with Crippen molar-refractivity contribution in [2.24, 2.45) is 0 Å². The molecule has 2 aliphatic rings. The normalized spacial score (nSPS) is 26.8. The van der Waals surface area contributed by atoms with Crippen LogP contribution in [0.15, 0.2) is 51.9 Å². The van der Waals surface area contributed by atoms with Gasteiger partial charge >= 0.3 is 0 Å². The summed E-state index contributed by atoms with van der Waals surface area (Å²) in [5, 5.41) is 39.6. The second kappa shape index (κ2) is 9.24. The number of hydrogen-bond donors (Lipinski definition) is 4. The van der Waals surface area contributed by atoms with Crippen molar-refractivity contribution in [2.75, 3.05) is 19.8 Å². The maximum Gasteiger partial charge on any atom is 0.229 e. The van der Waals surface area contributed by atoms with E-state index in [9.17, 15) is 25.2 Å². The van der Waals surface area contributed by atoms with Crippen LogP contribution < -0.4 is 19.6 Å². The molecule has 10 heteroatoms. The minimum absolute atomic E-state index is 0.198. The third kappa shape index (κ3) is 4.10. The SMILES string of the molecule is O=c1c(-c2ccc3c(c2)OCCCO3)coc2cc(O[C@@H]3O[C@@H](CO)[C@H](O)[C@@H](O)[C@@H]3O)ccc12. The highest BCUT2D eigenvalue weighted by Crippen LogP contribution is 2.34. The van der Waals surface area contributed by atoms with Crippen molar-refractivity contribution in [1.82, 2.24) is 0 Å². The third-order valence-corrected chi connectivity index (χ3v) is 5.91. The first-order valence-electron chi connectivity index (χ1n) is 10.9. The molecule has 3 aromatic rings. The summed E-state index contributed by atoms with van der Waals surface area (Å²) >= 11 is 0. The number of ether oxygens (including phenoxy) is 4. The molecule has 0 saturated carbocycles. The van der Waals surface area contributed by atoms with Gasteiger partial charge in [0.25, 0.3) is 0 Å². The minimum Gasteiger partial charge on any atom is -0.490 e. The zero-order valence-electron chi connectivity index (χ0n) is 18.0. The van der Waals surface area contributed by atoms with E-state index in [2.05, 4.69) is 0 Å². The average molecular weight is 472 g/mol. The van der Waals surface area contributed by atoms with E-state index in [1.54, 1.807) is 18.2 Å². The average Bonchev–Trinajstić information content (AvgIpc) is 3.09. The van der Waals surface area contributed by atoms with Gasteiger partial charge in [-0.25, -0.2) is 0 Å². The van der Waals surface area contributed by atoms with Crippen LogP contribution in [0.4, 0.5) is 0 Å². The smallest absolute Gasteiger partial charge is 0.229 e. The number of hydrogen-bond acceptors (Lipinski definition) is 10. The lowest BCUT2D eigenvalue weighted by Crippen LogP contribution is -2.60.